The minimum absolute atomic E-state index is 0. The smallest absolute Gasteiger partial charge is 0.242 e. The number of nitrogens with two attached hydrogens (primary N) is 1. The van der Waals surface area contributed by atoms with Crippen molar-refractivity contribution < 1.29 is 4.79 Å². The number of rotatable bonds is 4. The Morgan fingerprint density at radius 1 is 1.67 bits per heavy atom. The molecule has 3 N–H and O–H groups in total. The van der Waals surface area contributed by atoms with Crippen LogP contribution in [0.3, 0.4) is 0 Å². The average Bonchev–Trinajstić information content (AvgIpc) is 2.53. The predicted octanol–water partition coefficient (Wildman–Crippen LogP) is 1.36. The number of carbonyl (C=O) groups is 1. The monoisotopic (exact) mass is 268 g/mol. The standard InChI is InChI=1S/C7H12N4OS2.ClH/c1-3-13-7-11-10-6(14-7)9-5(12)4(2)8;/h4H,3,8H2,1-2H3,(H,9,10,12);1H/t4-;/m0./s1. The molecule has 0 bridgehead atoms. The Kier molecular flexibility index (Phi) is 6.82. The first-order valence-corrected chi connectivity index (χ1v) is 5.96. The molecule has 1 rings (SSSR count). The molecular weight excluding hydrogens is 256 g/mol. The highest BCUT2D eigenvalue weighted by molar-refractivity contribution is 8.01. The van der Waals surface area contributed by atoms with Gasteiger partial charge in [-0.05, 0) is 12.7 Å². The second-order valence-corrected chi connectivity index (χ2v) is 5.07. The van der Waals surface area contributed by atoms with E-state index in [4.69, 9.17) is 5.73 Å². The van der Waals surface area contributed by atoms with Gasteiger partial charge in [-0.1, -0.05) is 30.0 Å². The Morgan fingerprint density at radius 2 is 2.33 bits per heavy atom. The molecule has 0 saturated carbocycles. The molecule has 8 heteroatoms. The van der Waals surface area contributed by atoms with Crippen LogP contribution in [0.2, 0.25) is 0 Å². The minimum Gasteiger partial charge on any atom is -0.320 e. The zero-order valence-electron chi connectivity index (χ0n) is 8.39. The second kappa shape index (κ2) is 7.00. The molecule has 0 saturated heterocycles. The van der Waals surface area contributed by atoms with Crippen molar-refractivity contribution in [3.05, 3.63) is 0 Å². The van der Waals surface area contributed by atoms with E-state index in [2.05, 4.69) is 15.5 Å². The highest BCUT2D eigenvalue weighted by Gasteiger charge is 2.10. The van der Waals surface area contributed by atoms with Gasteiger partial charge in [0, 0.05) is 0 Å². The number of aromatic nitrogens is 2. The largest absolute Gasteiger partial charge is 0.320 e. The van der Waals surface area contributed by atoms with Crippen LogP contribution in [0.4, 0.5) is 5.13 Å². The van der Waals surface area contributed by atoms with E-state index in [1.165, 1.54) is 11.3 Å². The third-order valence-electron chi connectivity index (χ3n) is 1.32. The minimum atomic E-state index is -0.527. The number of hydrogen-bond donors (Lipinski definition) is 2. The fraction of sp³-hybridized carbons (Fsp3) is 0.571. The van der Waals surface area contributed by atoms with Gasteiger partial charge in [-0.2, -0.15) is 0 Å². The molecule has 5 nitrogen and oxygen atoms in total. The molecule has 0 radical (unpaired) electrons. The Balaban J connectivity index is 0.00000196. The topological polar surface area (TPSA) is 80.9 Å². The molecule has 86 valence electrons. The van der Waals surface area contributed by atoms with E-state index in [1.54, 1.807) is 18.7 Å². The van der Waals surface area contributed by atoms with Crippen molar-refractivity contribution in [3.63, 3.8) is 0 Å². The Hall–Kier alpha value is -0.370. The van der Waals surface area contributed by atoms with Gasteiger partial charge in [0.1, 0.15) is 0 Å². The molecule has 1 aromatic rings. The summed E-state index contributed by atoms with van der Waals surface area (Å²) in [7, 11) is 0. The van der Waals surface area contributed by atoms with Gasteiger partial charge in [-0.15, -0.1) is 22.6 Å². The van der Waals surface area contributed by atoms with Gasteiger partial charge in [0.25, 0.3) is 0 Å². The summed E-state index contributed by atoms with van der Waals surface area (Å²) in [6.45, 7) is 3.66. The van der Waals surface area contributed by atoms with Gasteiger partial charge < -0.3 is 5.73 Å². The van der Waals surface area contributed by atoms with Crippen molar-refractivity contribution in [2.45, 2.75) is 24.2 Å². The van der Waals surface area contributed by atoms with Gasteiger partial charge in [0.2, 0.25) is 11.0 Å². The van der Waals surface area contributed by atoms with Gasteiger partial charge in [-0.25, -0.2) is 0 Å². The highest BCUT2D eigenvalue weighted by atomic mass is 35.5. The van der Waals surface area contributed by atoms with Crippen molar-refractivity contribution in [1.29, 1.82) is 0 Å². The molecule has 0 aliphatic carbocycles. The Morgan fingerprint density at radius 3 is 2.87 bits per heavy atom. The first kappa shape index (κ1) is 14.6. The SMILES string of the molecule is CCSc1nnc(NC(=O)[C@H](C)N)s1.Cl. The fourth-order valence-corrected chi connectivity index (χ4v) is 2.31. The lowest BCUT2D eigenvalue weighted by Gasteiger charge is -2.02. The molecule has 1 atom stereocenters. The molecule has 1 heterocycles. The van der Waals surface area contributed by atoms with Crippen LogP contribution in [-0.4, -0.2) is 27.9 Å². The van der Waals surface area contributed by atoms with Crippen molar-refractivity contribution in [2.75, 3.05) is 11.1 Å². The zero-order chi connectivity index (χ0) is 10.6. The van der Waals surface area contributed by atoms with Crippen molar-refractivity contribution in [3.8, 4) is 0 Å². The predicted molar refractivity (Wildman–Crippen MR) is 65.8 cm³/mol. The molecule has 0 aliphatic rings. The van der Waals surface area contributed by atoms with Crippen LogP contribution in [0.25, 0.3) is 0 Å². The summed E-state index contributed by atoms with van der Waals surface area (Å²) >= 11 is 2.95. The molecule has 0 spiro atoms. The summed E-state index contributed by atoms with van der Waals surface area (Å²) in [6, 6.07) is -0.527. The quantitative estimate of drug-likeness (QED) is 0.637. The van der Waals surface area contributed by atoms with Crippen LogP contribution in [0.15, 0.2) is 4.34 Å². The van der Waals surface area contributed by atoms with E-state index >= 15 is 0 Å². The van der Waals surface area contributed by atoms with Crippen molar-refractivity contribution >= 4 is 46.5 Å². The number of thioether (sulfide) groups is 1. The molecule has 1 aromatic heterocycles. The van der Waals surface area contributed by atoms with E-state index in [9.17, 15) is 4.79 Å². The summed E-state index contributed by atoms with van der Waals surface area (Å²) < 4.78 is 0.854. The lowest BCUT2D eigenvalue weighted by atomic mass is 10.3. The zero-order valence-corrected chi connectivity index (χ0v) is 10.8. The van der Waals surface area contributed by atoms with Crippen LogP contribution in [-0.2, 0) is 4.79 Å². The van der Waals surface area contributed by atoms with E-state index < -0.39 is 6.04 Å². The van der Waals surface area contributed by atoms with E-state index in [0.717, 1.165) is 10.1 Å². The van der Waals surface area contributed by atoms with Crippen molar-refractivity contribution in [1.82, 2.24) is 10.2 Å². The summed E-state index contributed by atoms with van der Waals surface area (Å²) in [5.41, 5.74) is 5.39. The van der Waals surface area contributed by atoms with Crippen LogP contribution in [0, 0.1) is 0 Å². The molecule has 1 amide bonds. The van der Waals surface area contributed by atoms with Crippen LogP contribution < -0.4 is 11.1 Å². The first-order chi connectivity index (χ1) is 6.63. The Labute approximate surface area is 103 Å². The second-order valence-electron chi connectivity index (χ2n) is 2.58. The third-order valence-corrected chi connectivity index (χ3v) is 3.17. The lowest BCUT2D eigenvalue weighted by molar-refractivity contribution is -0.117. The number of nitrogens with one attached hydrogen (secondary N) is 1. The number of halogens is 1. The third kappa shape index (κ3) is 4.78. The number of nitrogens with zero attached hydrogens (tertiary/aromatic N) is 2. The maximum Gasteiger partial charge on any atom is 0.242 e. The van der Waals surface area contributed by atoms with Gasteiger partial charge in [-0.3, -0.25) is 10.1 Å². The molecule has 0 aromatic carbocycles. The number of amides is 1. The van der Waals surface area contributed by atoms with E-state index in [1.807, 2.05) is 6.92 Å². The lowest BCUT2D eigenvalue weighted by Crippen LogP contribution is -2.32. The number of hydrogen-bond acceptors (Lipinski definition) is 6. The summed E-state index contributed by atoms with van der Waals surface area (Å²) in [6.07, 6.45) is 0. The molecule has 0 fully saturated rings. The van der Waals surface area contributed by atoms with Crippen molar-refractivity contribution in [2.24, 2.45) is 5.73 Å². The summed E-state index contributed by atoms with van der Waals surface area (Å²) in [5, 5.41) is 10.8. The maximum absolute atomic E-state index is 11.2. The van der Waals surface area contributed by atoms with Gasteiger partial charge in [0.05, 0.1) is 6.04 Å². The first-order valence-electron chi connectivity index (χ1n) is 4.16. The molecule has 15 heavy (non-hydrogen) atoms. The number of anilines is 1. The molecule has 0 aliphatic heterocycles. The maximum atomic E-state index is 11.2. The van der Waals surface area contributed by atoms with E-state index in [-0.39, 0.29) is 18.3 Å². The van der Waals surface area contributed by atoms with Crippen LogP contribution >= 0.6 is 35.5 Å². The summed E-state index contributed by atoms with van der Waals surface area (Å²) in [4.78, 5) is 11.2. The van der Waals surface area contributed by atoms with Gasteiger partial charge in [0.15, 0.2) is 4.34 Å². The molecular formula is C7H13ClN4OS2. The Bertz CT molecular complexity index is 318. The molecule has 0 unspecified atom stereocenters. The average molecular weight is 269 g/mol. The fourth-order valence-electron chi connectivity index (χ4n) is 0.661. The highest BCUT2D eigenvalue weighted by Crippen LogP contribution is 2.24. The van der Waals surface area contributed by atoms with Crippen LogP contribution in [0.5, 0.6) is 0 Å². The van der Waals surface area contributed by atoms with Crippen LogP contribution in [0.1, 0.15) is 13.8 Å². The summed E-state index contributed by atoms with van der Waals surface area (Å²) in [5.74, 6) is 0.699. The number of carbonyl (C=O) groups excluding carboxylic acids is 1. The van der Waals surface area contributed by atoms with Gasteiger partial charge >= 0.3 is 0 Å². The normalized spacial score (nSPS) is 11.7. The van der Waals surface area contributed by atoms with E-state index in [0.29, 0.717) is 5.13 Å².